The molecule has 0 spiro atoms. The average Bonchev–Trinajstić information content (AvgIpc) is 2.59. The number of hydrogen-bond acceptors (Lipinski definition) is 6. The fraction of sp³-hybridized carbons (Fsp3) is 0.909. The monoisotopic (exact) mass is 279 g/mol. The maximum absolute atomic E-state index is 11.7. The van der Waals surface area contributed by atoms with Gasteiger partial charge in [-0.15, -0.1) is 0 Å². The van der Waals surface area contributed by atoms with E-state index in [0.29, 0.717) is 6.54 Å². The summed E-state index contributed by atoms with van der Waals surface area (Å²) in [6.07, 6.45) is 1.25. The lowest BCUT2D eigenvalue weighted by molar-refractivity contribution is -0.162. The zero-order valence-corrected chi connectivity index (χ0v) is 12.0. The van der Waals surface area contributed by atoms with Gasteiger partial charge in [-0.2, -0.15) is 8.42 Å². The van der Waals surface area contributed by atoms with Crippen LogP contribution in [0.5, 0.6) is 0 Å². The van der Waals surface area contributed by atoms with E-state index in [1.807, 2.05) is 0 Å². The van der Waals surface area contributed by atoms with E-state index >= 15 is 0 Å². The van der Waals surface area contributed by atoms with Gasteiger partial charge in [0.25, 0.3) is 10.1 Å². The fourth-order valence-electron chi connectivity index (χ4n) is 1.54. The Morgan fingerprint density at radius 1 is 1.39 bits per heavy atom. The van der Waals surface area contributed by atoms with E-state index in [4.69, 9.17) is 8.92 Å². The molecule has 0 bridgehead atoms. The van der Waals surface area contributed by atoms with Gasteiger partial charge in [0.2, 0.25) is 0 Å². The summed E-state index contributed by atoms with van der Waals surface area (Å²) in [5.41, 5.74) is -0.577. The molecule has 1 fully saturated rings. The molecule has 0 aromatic heterocycles. The largest absolute Gasteiger partial charge is 0.446 e. The fourth-order valence-corrected chi connectivity index (χ4v) is 1.96. The Balaban J connectivity index is 2.53. The van der Waals surface area contributed by atoms with Crippen molar-refractivity contribution in [3.05, 3.63) is 0 Å². The van der Waals surface area contributed by atoms with E-state index in [-0.39, 0.29) is 18.5 Å². The number of hydrogen-bond donors (Lipinski definition) is 1. The Morgan fingerprint density at radius 2 is 2.00 bits per heavy atom. The van der Waals surface area contributed by atoms with Gasteiger partial charge in [-0.3, -0.25) is 14.3 Å². The quantitative estimate of drug-likeness (QED) is 0.595. The van der Waals surface area contributed by atoms with E-state index < -0.39 is 21.8 Å². The number of rotatable bonds is 4. The van der Waals surface area contributed by atoms with Crippen LogP contribution in [0.2, 0.25) is 0 Å². The molecule has 0 aromatic carbocycles. The van der Waals surface area contributed by atoms with Crippen LogP contribution in [0.3, 0.4) is 0 Å². The normalized spacial score (nSPS) is 25.1. The Labute approximate surface area is 108 Å². The number of carbonyl (C=O) groups excluding carboxylic acids is 1. The smallest absolute Gasteiger partial charge is 0.312 e. The zero-order valence-electron chi connectivity index (χ0n) is 11.2. The topological polar surface area (TPSA) is 81.7 Å². The summed E-state index contributed by atoms with van der Waals surface area (Å²) < 4.78 is 31.9. The Kier molecular flexibility index (Phi) is 4.74. The van der Waals surface area contributed by atoms with Crippen molar-refractivity contribution in [3.8, 4) is 0 Å². The van der Waals surface area contributed by atoms with Gasteiger partial charge < -0.3 is 4.74 Å². The molecule has 0 aromatic rings. The molecule has 0 aliphatic carbocycles. The van der Waals surface area contributed by atoms with Crippen molar-refractivity contribution in [3.63, 3.8) is 0 Å². The lowest BCUT2D eigenvalue weighted by atomic mass is 9.97. The molecule has 1 N–H and O–H groups in total. The molecular formula is C11H21NO5S. The summed E-state index contributed by atoms with van der Waals surface area (Å²) in [4.78, 5) is 11.7. The maximum atomic E-state index is 11.7. The van der Waals surface area contributed by atoms with Gasteiger partial charge in [0, 0.05) is 5.92 Å². The van der Waals surface area contributed by atoms with Gasteiger partial charge in [-0.25, -0.2) is 0 Å². The van der Waals surface area contributed by atoms with Crippen LogP contribution in [0.1, 0.15) is 27.2 Å². The second kappa shape index (κ2) is 5.54. The molecule has 1 saturated heterocycles. The molecule has 1 heterocycles. The van der Waals surface area contributed by atoms with Crippen molar-refractivity contribution >= 4 is 16.1 Å². The third-order valence-electron chi connectivity index (χ3n) is 2.63. The molecule has 0 radical (unpaired) electrons. The zero-order chi connectivity index (χ0) is 14.0. The average molecular weight is 279 g/mol. The van der Waals surface area contributed by atoms with E-state index in [0.717, 1.165) is 12.7 Å². The Bertz CT molecular complexity index is 398. The summed E-state index contributed by atoms with van der Waals surface area (Å²) in [5.74, 6) is -0.447. The summed E-state index contributed by atoms with van der Waals surface area (Å²) in [6, 6.07) is 0. The first-order chi connectivity index (χ1) is 8.09. The Morgan fingerprint density at radius 3 is 2.50 bits per heavy atom. The minimum absolute atomic E-state index is 0.0356. The first-order valence-electron chi connectivity index (χ1n) is 5.88. The number of carbonyl (C=O) groups is 1. The standard InChI is InChI=1S/C11H21NO5S/c1-11(2,3)10(13)17-9-8(5-6-12-9)7-16-18(4,14)15/h8-9,12H,5-7H2,1-4H3/t8-,9?/m1/s1. The number of nitrogens with one attached hydrogen (secondary N) is 1. The molecule has 1 aliphatic rings. The molecule has 1 aliphatic heterocycles. The maximum Gasteiger partial charge on any atom is 0.312 e. The lowest BCUT2D eigenvalue weighted by Crippen LogP contribution is -2.38. The summed E-state index contributed by atoms with van der Waals surface area (Å²) >= 11 is 0. The number of esters is 1. The first kappa shape index (κ1) is 15.4. The van der Waals surface area contributed by atoms with Crippen molar-refractivity contribution in [1.29, 1.82) is 0 Å². The van der Waals surface area contributed by atoms with Gasteiger partial charge in [-0.05, 0) is 33.7 Å². The van der Waals surface area contributed by atoms with Crippen LogP contribution in [0.4, 0.5) is 0 Å². The molecule has 1 unspecified atom stereocenters. The second-order valence-electron chi connectivity index (χ2n) is 5.57. The molecule has 18 heavy (non-hydrogen) atoms. The molecule has 2 atom stereocenters. The van der Waals surface area contributed by atoms with Crippen LogP contribution < -0.4 is 5.32 Å². The Hall–Kier alpha value is -0.660. The molecule has 6 nitrogen and oxygen atoms in total. The molecule has 7 heteroatoms. The SMILES string of the molecule is CC(C)(C)C(=O)OC1NCC[C@@H]1COS(C)(=O)=O. The van der Waals surface area contributed by atoms with Crippen LogP contribution in [0.25, 0.3) is 0 Å². The van der Waals surface area contributed by atoms with Crippen molar-refractivity contribution in [1.82, 2.24) is 5.32 Å². The van der Waals surface area contributed by atoms with Crippen molar-refractivity contribution in [2.75, 3.05) is 19.4 Å². The van der Waals surface area contributed by atoms with Crippen LogP contribution in [0.15, 0.2) is 0 Å². The van der Waals surface area contributed by atoms with Crippen molar-refractivity contribution in [2.45, 2.75) is 33.4 Å². The highest BCUT2D eigenvalue weighted by atomic mass is 32.2. The highest BCUT2D eigenvalue weighted by Gasteiger charge is 2.34. The van der Waals surface area contributed by atoms with Gasteiger partial charge in [-0.1, -0.05) is 0 Å². The minimum atomic E-state index is -3.46. The number of ether oxygens (including phenoxy) is 1. The third kappa shape index (κ3) is 4.91. The third-order valence-corrected chi connectivity index (χ3v) is 3.20. The first-order valence-corrected chi connectivity index (χ1v) is 7.70. The molecule has 0 saturated carbocycles. The minimum Gasteiger partial charge on any atom is -0.446 e. The van der Waals surface area contributed by atoms with Crippen LogP contribution in [-0.4, -0.2) is 40.0 Å². The second-order valence-corrected chi connectivity index (χ2v) is 7.21. The predicted octanol–water partition coefficient (Wildman–Crippen LogP) is 0.488. The highest BCUT2D eigenvalue weighted by Crippen LogP contribution is 2.22. The van der Waals surface area contributed by atoms with E-state index in [2.05, 4.69) is 5.32 Å². The van der Waals surface area contributed by atoms with Crippen LogP contribution >= 0.6 is 0 Å². The lowest BCUT2D eigenvalue weighted by Gasteiger charge is -2.24. The molecule has 106 valence electrons. The molecule has 1 rings (SSSR count). The molecule has 0 amide bonds. The van der Waals surface area contributed by atoms with Crippen molar-refractivity contribution in [2.24, 2.45) is 11.3 Å². The van der Waals surface area contributed by atoms with Crippen LogP contribution in [-0.2, 0) is 23.8 Å². The van der Waals surface area contributed by atoms with Gasteiger partial charge >= 0.3 is 5.97 Å². The predicted molar refractivity (Wildman–Crippen MR) is 66.2 cm³/mol. The van der Waals surface area contributed by atoms with Crippen molar-refractivity contribution < 1.29 is 22.1 Å². The van der Waals surface area contributed by atoms with Crippen LogP contribution in [0, 0.1) is 11.3 Å². The van der Waals surface area contributed by atoms with E-state index in [1.165, 1.54) is 0 Å². The van der Waals surface area contributed by atoms with Gasteiger partial charge in [0.1, 0.15) is 0 Å². The van der Waals surface area contributed by atoms with E-state index in [9.17, 15) is 13.2 Å². The summed E-state index contributed by atoms with van der Waals surface area (Å²) in [5, 5.41) is 3.03. The van der Waals surface area contributed by atoms with Gasteiger partial charge in [0.05, 0.1) is 18.3 Å². The summed E-state index contributed by atoms with van der Waals surface area (Å²) in [6.45, 7) is 6.03. The summed E-state index contributed by atoms with van der Waals surface area (Å²) in [7, 11) is -3.46. The highest BCUT2D eigenvalue weighted by molar-refractivity contribution is 7.85. The molecular weight excluding hydrogens is 258 g/mol. The van der Waals surface area contributed by atoms with E-state index in [1.54, 1.807) is 20.8 Å². The van der Waals surface area contributed by atoms with Gasteiger partial charge in [0.15, 0.2) is 6.23 Å².